The fourth-order valence-corrected chi connectivity index (χ4v) is 1.59. The average Bonchev–Trinajstić information content (AvgIpc) is 2.42. The van der Waals surface area contributed by atoms with Crippen molar-refractivity contribution < 1.29 is 61.7 Å². The van der Waals surface area contributed by atoms with Gasteiger partial charge in [0.05, 0.1) is 32.8 Å². The summed E-state index contributed by atoms with van der Waals surface area (Å²) in [5.41, 5.74) is 0.0972. The van der Waals surface area contributed by atoms with Crippen LogP contribution in [0, 0.1) is 0 Å². The number of methoxy groups -OCH3 is 3. The molecule has 1 aromatic carbocycles. The molecule has 0 saturated carbocycles. The summed E-state index contributed by atoms with van der Waals surface area (Å²) < 4.78 is 40.4. The van der Waals surface area contributed by atoms with Crippen molar-refractivity contribution in [3.05, 3.63) is 17.7 Å². The molecule has 0 radical (unpaired) electrons. The fraction of sp³-hybridized carbons (Fsp3) is 0.364. The van der Waals surface area contributed by atoms with Crippen LogP contribution in [0.25, 0.3) is 0 Å². The number of ether oxygens (including phenoxy) is 4. The van der Waals surface area contributed by atoms with Crippen molar-refractivity contribution in [2.75, 3.05) is 27.3 Å². The minimum absolute atomic E-state index is 0. The van der Waals surface area contributed by atoms with E-state index in [-0.39, 0.29) is 46.6 Å². The summed E-state index contributed by atoms with van der Waals surface area (Å²) in [6.07, 6.45) is 0. The van der Waals surface area contributed by atoms with Crippen molar-refractivity contribution in [2.24, 2.45) is 0 Å². The quantitative estimate of drug-likeness (QED) is 0.346. The standard InChI is InChI=1S/C11H13O7S.Na/c1-15-8-4-7(11(12)18-6-19(13)14)5-9(16-2)10(8)17-3;/h4-5H,6H2,1-3H3;/q-1;+1. The van der Waals surface area contributed by atoms with Gasteiger partial charge < -0.3 is 27.4 Å². The summed E-state index contributed by atoms with van der Waals surface area (Å²) in [5.74, 6) is -0.637. The van der Waals surface area contributed by atoms with E-state index in [9.17, 15) is 13.2 Å². The zero-order valence-corrected chi connectivity index (χ0v) is 14.4. The SMILES string of the molecule is COc1cc(C(=O)OC[S-](=O)=O)cc(OC)c1OC.[Na+]. The molecule has 9 heteroatoms. The predicted octanol–water partition coefficient (Wildman–Crippen LogP) is -1.86. The van der Waals surface area contributed by atoms with Crippen molar-refractivity contribution in [2.45, 2.75) is 0 Å². The molecule has 0 N–H and O–H groups in total. The average molecular weight is 312 g/mol. The first-order chi connectivity index (χ1) is 9.03. The maximum Gasteiger partial charge on any atom is 1.00 e. The molecule has 0 aromatic heterocycles. The van der Waals surface area contributed by atoms with Crippen molar-refractivity contribution in [1.82, 2.24) is 0 Å². The Hall–Kier alpha value is -0.960. The summed E-state index contributed by atoms with van der Waals surface area (Å²) >= 11 is 0. The van der Waals surface area contributed by atoms with Crippen LogP contribution in [0.3, 0.4) is 0 Å². The van der Waals surface area contributed by atoms with E-state index < -0.39 is 22.6 Å². The number of hydrogen-bond acceptors (Lipinski definition) is 8. The summed E-state index contributed by atoms with van der Waals surface area (Å²) in [5, 5.41) is 0. The van der Waals surface area contributed by atoms with Gasteiger partial charge in [0.25, 0.3) is 0 Å². The molecule has 0 unspecified atom stereocenters. The molecule has 0 fully saturated rings. The molecule has 20 heavy (non-hydrogen) atoms. The molecular weight excluding hydrogens is 299 g/mol. The summed E-state index contributed by atoms with van der Waals surface area (Å²) in [7, 11) is 1.77. The maximum atomic E-state index is 11.6. The second-order valence-corrected chi connectivity index (χ2v) is 4.11. The van der Waals surface area contributed by atoms with Crippen LogP contribution in [0.4, 0.5) is 0 Å². The molecule has 7 nitrogen and oxygen atoms in total. The monoisotopic (exact) mass is 312 g/mol. The third kappa shape index (κ3) is 4.86. The third-order valence-electron chi connectivity index (χ3n) is 2.19. The van der Waals surface area contributed by atoms with E-state index in [1.807, 2.05) is 0 Å². The third-order valence-corrected chi connectivity index (χ3v) is 2.50. The first-order valence-corrected chi connectivity index (χ1v) is 6.30. The summed E-state index contributed by atoms with van der Waals surface area (Å²) in [6.45, 7) is 0. The maximum absolute atomic E-state index is 11.6. The number of carbonyl (C=O) groups is 1. The molecule has 0 heterocycles. The van der Waals surface area contributed by atoms with E-state index in [4.69, 9.17) is 14.2 Å². The number of carbonyl (C=O) groups excluding carboxylic acids is 1. The second-order valence-electron chi connectivity index (χ2n) is 3.27. The van der Waals surface area contributed by atoms with Crippen LogP contribution in [0.5, 0.6) is 17.2 Å². The summed E-state index contributed by atoms with van der Waals surface area (Å²) in [6, 6.07) is 2.74. The topological polar surface area (TPSA) is 88.1 Å². The van der Waals surface area contributed by atoms with E-state index in [0.717, 1.165) is 0 Å². The van der Waals surface area contributed by atoms with Gasteiger partial charge in [-0.15, -0.1) is 0 Å². The molecule has 0 saturated heterocycles. The van der Waals surface area contributed by atoms with Crippen LogP contribution in [0.1, 0.15) is 10.4 Å². The second kappa shape index (κ2) is 9.06. The minimum Gasteiger partial charge on any atom is -0.493 e. The Morgan fingerprint density at radius 1 is 1.05 bits per heavy atom. The van der Waals surface area contributed by atoms with Crippen molar-refractivity contribution in [3.63, 3.8) is 0 Å². The van der Waals surface area contributed by atoms with Crippen molar-refractivity contribution >= 4 is 16.7 Å². The Morgan fingerprint density at radius 3 is 1.90 bits per heavy atom. The molecule has 0 atom stereocenters. The fourth-order valence-electron chi connectivity index (χ4n) is 1.38. The van der Waals surface area contributed by atoms with E-state index >= 15 is 0 Å². The van der Waals surface area contributed by atoms with Crippen molar-refractivity contribution in [3.8, 4) is 17.2 Å². The van der Waals surface area contributed by atoms with Crippen LogP contribution in [-0.4, -0.2) is 33.2 Å². The van der Waals surface area contributed by atoms with Crippen LogP contribution in [-0.2, 0) is 23.9 Å². The van der Waals surface area contributed by atoms with Crippen LogP contribution < -0.4 is 43.8 Å². The van der Waals surface area contributed by atoms with E-state index in [1.54, 1.807) is 0 Å². The molecule has 0 amide bonds. The van der Waals surface area contributed by atoms with Gasteiger partial charge in [0.1, 0.15) is 0 Å². The van der Waals surface area contributed by atoms with E-state index in [2.05, 4.69) is 4.74 Å². The molecule has 0 spiro atoms. The first-order valence-electron chi connectivity index (χ1n) is 5.06. The molecule has 0 aliphatic heterocycles. The Labute approximate surface area is 140 Å². The molecule has 106 valence electrons. The summed E-state index contributed by atoms with van der Waals surface area (Å²) in [4.78, 5) is 11.6. The minimum atomic E-state index is -2.46. The molecule has 1 aromatic rings. The van der Waals surface area contributed by atoms with E-state index in [0.29, 0.717) is 5.75 Å². The molecule has 0 aliphatic rings. The Morgan fingerprint density at radius 2 is 1.55 bits per heavy atom. The van der Waals surface area contributed by atoms with Crippen LogP contribution in [0.15, 0.2) is 12.1 Å². The van der Waals surface area contributed by atoms with Gasteiger partial charge in [0, 0.05) is 0 Å². The van der Waals surface area contributed by atoms with Gasteiger partial charge in [0.15, 0.2) is 11.5 Å². The first kappa shape index (κ1) is 19.0. The Bertz CT molecular complexity index is 509. The Kier molecular flexibility index (Phi) is 8.63. The van der Waals surface area contributed by atoms with Gasteiger partial charge >= 0.3 is 35.5 Å². The van der Waals surface area contributed by atoms with Gasteiger partial charge in [-0.3, -0.25) is 0 Å². The predicted molar refractivity (Wildman–Crippen MR) is 65.1 cm³/mol. The number of esters is 1. The van der Waals surface area contributed by atoms with E-state index in [1.165, 1.54) is 33.5 Å². The van der Waals surface area contributed by atoms with Gasteiger partial charge in [-0.25, -0.2) is 4.79 Å². The Balaban J connectivity index is 0.00000361. The smallest absolute Gasteiger partial charge is 0.493 e. The molecule has 0 bridgehead atoms. The zero-order chi connectivity index (χ0) is 14.4. The number of benzene rings is 1. The van der Waals surface area contributed by atoms with Gasteiger partial charge in [-0.2, -0.15) is 0 Å². The number of hydrogen-bond donors (Lipinski definition) is 0. The normalized spacial score (nSPS) is 9.60. The largest absolute Gasteiger partial charge is 1.00 e. The molecule has 0 aliphatic carbocycles. The zero-order valence-electron chi connectivity index (χ0n) is 11.6. The van der Waals surface area contributed by atoms with Crippen LogP contribution in [0.2, 0.25) is 0 Å². The number of rotatable bonds is 6. The van der Waals surface area contributed by atoms with Crippen molar-refractivity contribution in [1.29, 1.82) is 0 Å². The van der Waals surface area contributed by atoms with Gasteiger partial charge in [-0.1, -0.05) is 0 Å². The molecule has 1 rings (SSSR count). The molecular formula is C11H13NaO7S. The van der Waals surface area contributed by atoms with Gasteiger partial charge in [0.2, 0.25) is 5.75 Å². The van der Waals surface area contributed by atoms with Crippen LogP contribution >= 0.6 is 0 Å². The van der Waals surface area contributed by atoms with Gasteiger partial charge in [-0.05, 0) is 22.8 Å².